The van der Waals surface area contributed by atoms with E-state index in [9.17, 15) is 8.42 Å². The minimum absolute atomic E-state index is 0.121. The number of benzene rings is 2. The highest BCUT2D eigenvalue weighted by Crippen LogP contribution is 2.33. The Morgan fingerprint density at radius 3 is 2.75 bits per heavy atom. The standard InChI is InChI=1S/C17H19ClN2O3S/c1-23-17-8-6-13(10-15(17)18)24(21,22)20-16-4-2-3-11-9-12(19)5-7-14(11)16/h5-10,16,20H,2-4,19H2,1H3. The molecule has 0 bridgehead atoms. The summed E-state index contributed by atoms with van der Waals surface area (Å²) >= 11 is 6.05. The molecule has 0 fully saturated rings. The number of anilines is 1. The van der Waals surface area contributed by atoms with Gasteiger partial charge in [0.05, 0.1) is 17.0 Å². The van der Waals surface area contributed by atoms with Crippen LogP contribution in [0.25, 0.3) is 0 Å². The second-order valence-electron chi connectivity index (χ2n) is 5.82. The first kappa shape index (κ1) is 17.1. The van der Waals surface area contributed by atoms with Gasteiger partial charge < -0.3 is 10.5 Å². The maximum atomic E-state index is 12.7. The van der Waals surface area contributed by atoms with Gasteiger partial charge >= 0.3 is 0 Å². The van der Waals surface area contributed by atoms with Gasteiger partial charge in [0.2, 0.25) is 10.0 Å². The molecule has 0 spiro atoms. The largest absolute Gasteiger partial charge is 0.495 e. The number of rotatable bonds is 4. The summed E-state index contributed by atoms with van der Waals surface area (Å²) in [7, 11) is -2.20. The SMILES string of the molecule is COc1ccc(S(=O)(=O)NC2CCCc3cc(N)ccc32)cc1Cl. The zero-order chi connectivity index (χ0) is 17.3. The van der Waals surface area contributed by atoms with Gasteiger partial charge in [-0.15, -0.1) is 0 Å². The summed E-state index contributed by atoms with van der Waals surface area (Å²) < 4.78 is 33.2. The van der Waals surface area contributed by atoms with Crippen molar-refractivity contribution in [3.63, 3.8) is 0 Å². The van der Waals surface area contributed by atoms with E-state index in [4.69, 9.17) is 22.1 Å². The number of nitrogens with two attached hydrogens (primary N) is 1. The first-order valence-electron chi connectivity index (χ1n) is 7.65. The van der Waals surface area contributed by atoms with E-state index in [-0.39, 0.29) is 16.0 Å². The normalized spacial score (nSPS) is 17.3. The highest BCUT2D eigenvalue weighted by Gasteiger charge is 2.26. The molecule has 0 saturated carbocycles. The number of sulfonamides is 1. The minimum Gasteiger partial charge on any atom is -0.495 e. The molecule has 7 heteroatoms. The van der Waals surface area contributed by atoms with Crippen molar-refractivity contribution in [2.75, 3.05) is 12.8 Å². The third-order valence-electron chi connectivity index (χ3n) is 4.21. The third kappa shape index (κ3) is 3.36. The number of aryl methyl sites for hydroxylation is 1. The molecule has 0 aromatic heterocycles. The zero-order valence-corrected chi connectivity index (χ0v) is 14.8. The molecule has 0 amide bonds. The summed E-state index contributed by atoms with van der Waals surface area (Å²) in [6.45, 7) is 0. The number of methoxy groups -OCH3 is 1. The molecular weight excluding hydrogens is 348 g/mol. The molecule has 1 unspecified atom stereocenters. The van der Waals surface area contributed by atoms with E-state index in [0.29, 0.717) is 11.4 Å². The Morgan fingerprint density at radius 2 is 2.04 bits per heavy atom. The van der Waals surface area contributed by atoms with Crippen molar-refractivity contribution in [2.24, 2.45) is 0 Å². The Balaban J connectivity index is 1.90. The number of halogens is 1. The Bertz CT molecular complexity index is 868. The van der Waals surface area contributed by atoms with E-state index in [2.05, 4.69) is 4.72 Å². The van der Waals surface area contributed by atoms with E-state index in [1.165, 1.54) is 19.2 Å². The average Bonchev–Trinajstić information content (AvgIpc) is 2.54. The Hall–Kier alpha value is -1.76. The fourth-order valence-electron chi connectivity index (χ4n) is 3.03. The maximum Gasteiger partial charge on any atom is 0.241 e. The van der Waals surface area contributed by atoms with Gasteiger partial charge in [-0.3, -0.25) is 0 Å². The smallest absolute Gasteiger partial charge is 0.241 e. The summed E-state index contributed by atoms with van der Waals surface area (Å²) in [5.74, 6) is 0.439. The lowest BCUT2D eigenvalue weighted by Crippen LogP contribution is -2.31. The Kier molecular flexibility index (Phi) is 4.71. The van der Waals surface area contributed by atoms with Crippen molar-refractivity contribution in [3.05, 3.63) is 52.5 Å². The summed E-state index contributed by atoms with van der Waals surface area (Å²) in [5.41, 5.74) is 8.60. The second kappa shape index (κ2) is 6.63. The van der Waals surface area contributed by atoms with Gasteiger partial charge in [-0.05, 0) is 60.7 Å². The van der Waals surface area contributed by atoms with Crippen LogP contribution in [0.2, 0.25) is 5.02 Å². The Morgan fingerprint density at radius 1 is 1.25 bits per heavy atom. The molecule has 3 rings (SSSR count). The molecule has 3 N–H and O–H groups in total. The molecule has 0 aliphatic heterocycles. The van der Waals surface area contributed by atoms with Crippen molar-refractivity contribution in [3.8, 4) is 5.75 Å². The zero-order valence-electron chi connectivity index (χ0n) is 13.3. The molecule has 5 nitrogen and oxygen atoms in total. The van der Waals surface area contributed by atoms with Gasteiger partial charge in [0.15, 0.2) is 0 Å². The average molecular weight is 367 g/mol. The van der Waals surface area contributed by atoms with Crippen molar-refractivity contribution < 1.29 is 13.2 Å². The van der Waals surface area contributed by atoms with Crippen molar-refractivity contribution in [1.82, 2.24) is 4.72 Å². The molecule has 2 aromatic rings. The molecule has 128 valence electrons. The number of nitrogens with one attached hydrogen (secondary N) is 1. The molecule has 1 atom stereocenters. The predicted octanol–water partition coefficient (Wildman–Crippen LogP) is 3.29. The molecule has 0 radical (unpaired) electrons. The third-order valence-corrected chi connectivity index (χ3v) is 5.98. The lowest BCUT2D eigenvalue weighted by molar-refractivity contribution is 0.414. The summed E-state index contributed by atoms with van der Waals surface area (Å²) in [6, 6.07) is 9.79. The number of hydrogen-bond donors (Lipinski definition) is 2. The highest BCUT2D eigenvalue weighted by atomic mass is 35.5. The highest BCUT2D eigenvalue weighted by molar-refractivity contribution is 7.89. The van der Waals surface area contributed by atoms with Crippen molar-refractivity contribution in [1.29, 1.82) is 0 Å². The lowest BCUT2D eigenvalue weighted by atomic mass is 9.88. The number of hydrogen-bond acceptors (Lipinski definition) is 4. The van der Waals surface area contributed by atoms with Crippen LogP contribution in [0.1, 0.15) is 30.0 Å². The van der Waals surface area contributed by atoms with E-state index in [1.54, 1.807) is 12.1 Å². The molecule has 2 aromatic carbocycles. The van der Waals surface area contributed by atoms with Gasteiger partial charge in [0.1, 0.15) is 5.75 Å². The lowest BCUT2D eigenvalue weighted by Gasteiger charge is -2.26. The van der Waals surface area contributed by atoms with Crippen molar-refractivity contribution >= 4 is 27.3 Å². The van der Waals surface area contributed by atoms with Gasteiger partial charge in [0, 0.05) is 11.7 Å². The van der Waals surface area contributed by atoms with Crippen LogP contribution < -0.4 is 15.2 Å². The molecular formula is C17H19ClN2O3S. The van der Waals surface area contributed by atoms with E-state index in [1.807, 2.05) is 12.1 Å². The maximum absolute atomic E-state index is 12.7. The van der Waals surface area contributed by atoms with Crippen LogP contribution in [0.15, 0.2) is 41.3 Å². The van der Waals surface area contributed by atoms with E-state index in [0.717, 1.165) is 30.4 Å². The van der Waals surface area contributed by atoms with Crippen LogP contribution in [0.5, 0.6) is 5.75 Å². The molecule has 0 saturated heterocycles. The van der Waals surface area contributed by atoms with Crippen LogP contribution >= 0.6 is 11.6 Å². The minimum atomic E-state index is -3.68. The predicted molar refractivity (Wildman–Crippen MR) is 94.9 cm³/mol. The summed E-state index contributed by atoms with van der Waals surface area (Å²) in [6.07, 6.45) is 2.57. The van der Waals surface area contributed by atoms with Gasteiger partial charge in [0.25, 0.3) is 0 Å². The fourth-order valence-corrected chi connectivity index (χ4v) is 4.62. The molecule has 1 aliphatic rings. The number of ether oxygens (including phenoxy) is 1. The van der Waals surface area contributed by atoms with Crippen LogP contribution in [0, 0.1) is 0 Å². The topological polar surface area (TPSA) is 81.4 Å². The van der Waals surface area contributed by atoms with Gasteiger partial charge in [-0.2, -0.15) is 0 Å². The van der Waals surface area contributed by atoms with E-state index < -0.39 is 10.0 Å². The fraction of sp³-hybridized carbons (Fsp3) is 0.294. The first-order valence-corrected chi connectivity index (χ1v) is 9.51. The second-order valence-corrected chi connectivity index (χ2v) is 7.94. The van der Waals surface area contributed by atoms with Crippen molar-refractivity contribution in [2.45, 2.75) is 30.2 Å². The number of fused-ring (bicyclic) bond motifs is 1. The molecule has 24 heavy (non-hydrogen) atoms. The number of nitrogen functional groups attached to an aromatic ring is 1. The van der Waals surface area contributed by atoms with Gasteiger partial charge in [-0.25, -0.2) is 13.1 Å². The van der Waals surface area contributed by atoms with Crippen LogP contribution in [0.4, 0.5) is 5.69 Å². The summed E-state index contributed by atoms with van der Waals surface area (Å²) in [5, 5.41) is 0.261. The molecule has 0 heterocycles. The van der Waals surface area contributed by atoms with E-state index >= 15 is 0 Å². The summed E-state index contributed by atoms with van der Waals surface area (Å²) in [4.78, 5) is 0.121. The monoisotopic (exact) mass is 366 g/mol. The van der Waals surface area contributed by atoms with Crippen LogP contribution in [0.3, 0.4) is 0 Å². The Labute approximate surface area is 146 Å². The molecule has 1 aliphatic carbocycles. The quantitative estimate of drug-likeness (QED) is 0.813. The first-order chi connectivity index (χ1) is 11.4. The van der Waals surface area contributed by atoms with Crippen LogP contribution in [-0.2, 0) is 16.4 Å². The van der Waals surface area contributed by atoms with Crippen LogP contribution in [-0.4, -0.2) is 15.5 Å². The van der Waals surface area contributed by atoms with Gasteiger partial charge in [-0.1, -0.05) is 17.7 Å².